The first-order valence-electron chi connectivity index (χ1n) is 10.6. The molecule has 0 bridgehead atoms. The van der Waals surface area contributed by atoms with E-state index in [2.05, 4.69) is 5.32 Å². The van der Waals surface area contributed by atoms with Gasteiger partial charge in [-0.1, -0.05) is 44.2 Å². The Morgan fingerprint density at radius 3 is 2.39 bits per heavy atom. The number of benzene rings is 2. The number of nitrogens with one attached hydrogen (secondary N) is 1. The third-order valence-electron chi connectivity index (χ3n) is 5.40. The Labute approximate surface area is 181 Å². The van der Waals surface area contributed by atoms with Crippen LogP contribution < -0.4 is 10.1 Å². The molecule has 1 aliphatic rings. The molecule has 0 aromatic heterocycles. The van der Waals surface area contributed by atoms with Crippen LogP contribution >= 0.6 is 0 Å². The van der Waals surface area contributed by atoms with Crippen LogP contribution in [0.25, 0.3) is 0 Å². The molecule has 1 fully saturated rings. The lowest BCUT2D eigenvalue weighted by molar-refractivity contribution is -0.139. The van der Waals surface area contributed by atoms with E-state index in [-0.39, 0.29) is 36.0 Å². The van der Waals surface area contributed by atoms with E-state index in [0.717, 1.165) is 17.7 Å². The van der Waals surface area contributed by atoms with Crippen molar-refractivity contribution in [1.29, 1.82) is 0 Å². The molecule has 1 heterocycles. The summed E-state index contributed by atoms with van der Waals surface area (Å²) >= 11 is 0. The number of hydrogen-bond donors (Lipinski definition) is 1. The molecule has 2 amide bonds. The van der Waals surface area contributed by atoms with E-state index >= 15 is 0 Å². The van der Waals surface area contributed by atoms with Crippen LogP contribution in [0, 0.1) is 17.6 Å². The number of carbonyl (C=O) groups excluding carboxylic acids is 2. The van der Waals surface area contributed by atoms with Crippen molar-refractivity contribution in [2.24, 2.45) is 5.92 Å². The van der Waals surface area contributed by atoms with Gasteiger partial charge in [-0.15, -0.1) is 0 Å². The van der Waals surface area contributed by atoms with Gasteiger partial charge in [0.25, 0.3) is 0 Å². The van der Waals surface area contributed by atoms with E-state index in [1.807, 2.05) is 44.2 Å². The van der Waals surface area contributed by atoms with Crippen LogP contribution in [-0.2, 0) is 16.0 Å². The second-order valence-electron chi connectivity index (χ2n) is 8.17. The van der Waals surface area contributed by atoms with E-state index in [0.29, 0.717) is 25.9 Å². The molecule has 1 atom stereocenters. The number of nitrogens with zero attached hydrogens (tertiary/aromatic N) is 1. The van der Waals surface area contributed by atoms with Crippen LogP contribution in [0.2, 0.25) is 0 Å². The van der Waals surface area contributed by atoms with Crippen molar-refractivity contribution < 1.29 is 23.1 Å². The van der Waals surface area contributed by atoms with Gasteiger partial charge in [-0.25, -0.2) is 8.78 Å². The predicted octanol–water partition coefficient (Wildman–Crippen LogP) is 3.72. The number of piperidine rings is 1. The summed E-state index contributed by atoms with van der Waals surface area (Å²) in [6, 6.07) is 12.0. The van der Waals surface area contributed by atoms with Gasteiger partial charge in [0.1, 0.15) is 18.0 Å². The maximum absolute atomic E-state index is 13.8. The van der Waals surface area contributed by atoms with Crippen molar-refractivity contribution in [2.75, 3.05) is 13.1 Å². The fraction of sp³-hybridized carbons (Fsp3) is 0.417. The molecule has 3 rings (SSSR count). The van der Waals surface area contributed by atoms with Crippen LogP contribution in [0.3, 0.4) is 0 Å². The number of halogens is 2. The second-order valence-corrected chi connectivity index (χ2v) is 8.17. The summed E-state index contributed by atoms with van der Waals surface area (Å²) in [5, 5.41) is 2.88. The molecule has 2 aromatic rings. The van der Waals surface area contributed by atoms with Crippen LogP contribution in [0.4, 0.5) is 8.78 Å². The molecule has 0 radical (unpaired) electrons. The fourth-order valence-corrected chi connectivity index (χ4v) is 3.66. The first kappa shape index (κ1) is 22.7. The van der Waals surface area contributed by atoms with E-state index in [4.69, 9.17) is 4.74 Å². The molecule has 31 heavy (non-hydrogen) atoms. The van der Waals surface area contributed by atoms with Crippen molar-refractivity contribution in [3.05, 3.63) is 65.7 Å². The van der Waals surface area contributed by atoms with Crippen LogP contribution in [0.5, 0.6) is 5.75 Å². The quantitative estimate of drug-likeness (QED) is 0.729. The number of ether oxygens (including phenoxy) is 1. The van der Waals surface area contributed by atoms with Gasteiger partial charge >= 0.3 is 0 Å². The minimum atomic E-state index is -0.737. The Morgan fingerprint density at radius 2 is 1.77 bits per heavy atom. The minimum absolute atomic E-state index is 0.0133. The standard InChI is InChI=1S/C24H28F2N2O3/c1-16(2)23(27-22(29)14-17-6-4-3-5-7-17)24(30)28-12-10-19(11-13-28)31-21-9-8-18(25)15-20(21)26/h3-9,15-16,19,23H,10-14H2,1-2H3,(H,27,29). The molecule has 1 N–H and O–H groups in total. The highest BCUT2D eigenvalue weighted by Crippen LogP contribution is 2.23. The smallest absolute Gasteiger partial charge is 0.245 e. The monoisotopic (exact) mass is 430 g/mol. The summed E-state index contributed by atoms with van der Waals surface area (Å²) in [4.78, 5) is 27.2. The number of amides is 2. The first-order chi connectivity index (χ1) is 14.8. The van der Waals surface area contributed by atoms with Gasteiger partial charge in [0.05, 0.1) is 6.42 Å². The van der Waals surface area contributed by atoms with E-state index in [1.165, 1.54) is 6.07 Å². The van der Waals surface area contributed by atoms with Gasteiger partial charge in [-0.3, -0.25) is 9.59 Å². The van der Waals surface area contributed by atoms with Gasteiger partial charge in [0, 0.05) is 32.0 Å². The number of rotatable bonds is 7. The molecule has 1 aliphatic heterocycles. The topological polar surface area (TPSA) is 58.6 Å². The molecule has 1 unspecified atom stereocenters. The van der Waals surface area contributed by atoms with Gasteiger partial charge in [-0.2, -0.15) is 0 Å². The average molecular weight is 430 g/mol. The van der Waals surface area contributed by atoms with E-state index in [1.54, 1.807) is 4.90 Å². The third-order valence-corrected chi connectivity index (χ3v) is 5.40. The number of hydrogen-bond acceptors (Lipinski definition) is 3. The fourth-order valence-electron chi connectivity index (χ4n) is 3.66. The van der Waals surface area contributed by atoms with Crippen molar-refractivity contribution >= 4 is 11.8 Å². The molecular formula is C24H28F2N2O3. The third kappa shape index (κ3) is 6.26. The predicted molar refractivity (Wildman–Crippen MR) is 114 cm³/mol. The zero-order chi connectivity index (χ0) is 22.4. The Kier molecular flexibility index (Phi) is 7.60. The first-order valence-corrected chi connectivity index (χ1v) is 10.6. The summed E-state index contributed by atoms with van der Waals surface area (Å²) in [5.41, 5.74) is 0.890. The number of likely N-dealkylation sites (tertiary alicyclic amines) is 1. The zero-order valence-electron chi connectivity index (χ0n) is 17.8. The Bertz CT molecular complexity index is 897. The molecular weight excluding hydrogens is 402 g/mol. The lowest BCUT2D eigenvalue weighted by Gasteiger charge is -2.35. The molecule has 0 saturated carbocycles. The Balaban J connectivity index is 1.54. The van der Waals surface area contributed by atoms with Crippen molar-refractivity contribution in [2.45, 2.75) is 45.3 Å². The molecule has 7 heteroatoms. The van der Waals surface area contributed by atoms with E-state index < -0.39 is 17.7 Å². The normalized spacial score (nSPS) is 15.6. The lowest BCUT2D eigenvalue weighted by Crippen LogP contribution is -2.54. The molecule has 166 valence electrons. The SMILES string of the molecule is CC(C)C(NC(=O)Cc1ccccc1)C(=O)N1CCC(Oc2ccc(F)cc2F)CC1. The summed E-state index contributed by atoms with van der Waals surface area (Å²) in [5.74, 6) is -1.75. The summed E-state index contributed by atoms with van der Waals surface area (Å²) < 4.78 is 32.5. The largest absolute Gasteiger partial charge is 0.487 e. The molecule has 1 saturated heterocycles. The van der Waals surface area contributed by atoms with Crippen molar-refractivity contribution in [3.8, 4) is 5.75 Å². The minimum Gasteiger partial charge on any atom is -0.487 e. The highest BCUT2D eigenvalue weighted by atomic mass is 19.1. The van der Waals surface area contributed by atoms with E-state index in [9.17, 15) is 18.4 Å². The molecule has 0 aliphatic carbocycles. The van der Waals surface area contributed by atoms with Gasteiger partial charge in [0.15, 0.2) is 11.6 Å². The summed E-state index contributed by atoms with van der Waals surface area (Å²) in [6.45, 7) is 4.70. The van der Waals surface area contributed by atoms with Crippen molar-refractivity contribution in [3.63, 3.8) is 0 Å². The van der Waals surface area contributed by atoms with Gasteiger partial charge in [-0.05, 0) is 23.6 Å². The highest BCUT2D eigenvalue weighted by molar-refractivity contribution is 5.88. The number of carbonyl (C=O) groups is 2. The van der Waals surface area contributed by atoms with Gasteiger partial charge < -0.3 is 15.0 Å². The maximum Gasteiger partial charge on any atom is 0.245 e. The van der Waals surface area contributed by atoms with Crippen LogP contribution in [0.1, 0.15) is 32.3 Å². The summed E-state index contributed by atoms with van der Waals surface area (Å²) in [6.07, 6.45) is 1.03. The maximum atomic E-state index is 13.8. The van der Waals surface area contributed by atoms with Crippen LogP contribution in [-0.4, -0.2) is 41.9 Å². The molecule has 5 nitrogen and oxygen atoms in total. The summed E-state index contributed by atoms with van der Waals surface area (Å²) in [7, 11) is 0. The average Bonchev–Trinajstić information content (AvgIpc) is 2.74. The zero-order valence-corrected chi connectivity index (χ0v) is 17.8. The molecule has 2 aromatic carbocycles. The Morgan fingerprint density at radius 1 is 1.10 bits per heavy atom. The Hall–Kier alpha value is -2.96. The van der Waals surface area contributed by atoms with Gasteiger partial charge in [0.2, 0.25) is 11.8 Å². The highest BCUT2D eigenvalue weighted by Gasteiger charge is 2.32. The second kappa shape index (κ2) is 10.4. The van der Waals surface area contributed by atoms with Crippen molar-refractivity contribution in [1.82, 2.24) is 10.2 Å². The lowest BCUT2D eigenvalue weighted by atomic mass is 10.00. The molecule has 0 spiro atoms. The van der Waals surface area contributed by atoms with Crippen LogP contribution in [0.15, 0.2) is 48.5 Å².